The molecule has 2 aromatic carbocycles. The molecular weight excluding hydrogens is 444 g/mol. The summed E-state index contributed by atoms with van der Waals surface area (Å²) in [5.74, 6) is -0.469. The van der Waals surface area contributed by atoms with Crippen molar-refractivity contribution in [2.75, 3.05) is 11.6 Å². The Morgan fingerprint density at radius 1 is 1.09 bits per heavy atom. The molecule has 0 spiro atoms. The molecule has 1 aliphatic carbocycles. The summed E-state index contributed by atoms with van der Waals surface area (Å²) < 4.78 is 1.93. The maximum atomic E-state index is 12.9. The molecule has 4 rings (SSSR count). The molecule has 0 atom stereocenters. The normalized spacial score (nSPS) is 14.2. The summed E-state index contributed by atoms with van der Waals surface area (Å²) in [7, 11) is 0. The summed E-state index contributed by atoms with van der Waals surface area (Å²) in [4.78, 5) is 30.0. The molecule has 1 heterocycles. The number of nitrogens with zero attached hydrogens (tertiary/aromatic N) is 2. The Balaban J connectivity index is 1.49. The summed E-state index contributed by atoms with van der Waals surface area (Å²) in [5.41, 5.74) is 2.24. The van der Waals surface area contributed by atoms with E-state index in [0.717, 1.165) is 36.5 Å². The molecule has 6 nitrogen and oxygen atoms in total. The van der Waals surface area contributed by atoms with Crippen LogP contribution in [-0.4, -0.2) is 33.7 Å². The van der Waals surface area contributed by atoms with Gasteiger partial charge in [-0.25, -0.2) is 4.98 Å². The first kappa shape index (κ1) is 22.4. The molecule has 1 fully saturated rings. The maximum absolute atomic E-state index is 12.9. The molecule has 32 heavy (non-hydrogen) atoms. The predicted molar refractivity (Wildman–Crippen MR) is 129 cm³/mol. The molecule has 2 N–H and O–H groups in total. The minimum Gasteiger partial charge on any atom is -0.349 e. The van der Waals surface area contributed by atoms with Crippen molar-refractivity contribution in [2.24, 2.45) is 0 Å². The van der Waals surface area contributed by atoms with Crippen LogP contribution in [0, 0.1) is 0 Å². The van der Waals surface area contributed by atoms with Crippen molar-refractivity contribution in [2.45, 2.75) is 43.3 Å². The second-order valence-electron chi connectivity index (χ2n) is 7.79. The van der Waals surface area contributed by atoms with Crippen molar-refractivity contribution in [3.63, 3.8) is 0 Å². The minimum absolute atomic E-state index is 0.183. The third-order valence-corrected chi connectivity index (χ3v) is 6.58. The fraction of sp³-hybridized carbons (Fsp3) is 0.292. The highest BCUT2D eigenvalue weighted by molar-refractivity contribution is 7.98. The molecule has 3 aromatic rings. The Morgan fingerprint density at radius 2 is 1.91 bits per heavy atom. The molecule has 0 bridgehead atoms. The van der Waals surface area contributed by atoms with Crippen LogP contribution in [-0.2, 0) is 0 Å². The summed E-state index contributed by atoms with van der Waals surface area (Å²) >= 11 is 7.82. The highest BCUT2D eigenvalue weighted by atomic mass is 35.5. The van der Waals surface area contributed by atoms with E-state index < -0.39 is 0 Å². The van der Waals surface area contributed by atoms with Gasteiger partial charge in [0.05, 0.1) is 10.6 Å². The summed E-state index contributed by atoms with van der Waals surface area (Å²) in [6, 6.07) is 12.5. The van der Waals surface area contributed by atoms with Crippen molar-refractivity contribution >= 4 is 40.9 Å². The first-order chi connectivity index (χ1) is 15.5. The molecule has 0 saturated heterocycles. The second-order valence-corrected chi connectivity index (χ2v) is 8.97. The largest absolute Gasteiger partial charge is 0.349 e. The number of aromatic nitrogens is 2. The number of benzene rings is 2. The quantitative estimate of drug-likeness (QED) is 0.464. The number of thioether (sulfide) groups is 1. The van der Waals surface area contributed by atoms with E-state index in [2.05, 4.69) is 15.6 Å². The fourth-order valence-electron chi connectivity index (χ4n) is 3.92. The highest BCUT2D eigenvalue weighted by Crippen LogP contribution is 2.24. The maximum Gasteiger partial charge on any atom is 0.255 e. The third-order valence-electron chi connectivity index (χ3n) is 5.59. The van der Waals surface area contributed by atoms with Gasteiger partial charge < -0.3 is 10.6 Å². The van der Waals surface area contributed by atoms with Gasteiger partial charge in [0.2, 0.25) is 0 Å². The lowest BCUT2D eigenvalue weighted by Gasteiger charge is -2.23. The number of carbonyl (C=O) groups excluding carboxylic acids is 2. The summed E-state index contributed by atoms with van der Waals surface area (Å²) in [5, 5.41) is 7.16. The van der Waals surface area contributed by atoms with Crippen LogP contribution in [0.2, 0.25) is 5.02 Å². The zero-order chi connectivity index (χ0) is 22.5. The van der Waals surface area contributed by atoms with Crippen LogP contribution >= 0.6 is 23.4 Å². The Morgan fingerprint density at radius 3 is 2.69 bits per heavy atom. The highest BCUT2D eigenvalue weighted by Gasteiger charge is 2.19. The topological polar surface area (TPSA) is 76.0 Å². The number of imidazole rings is 1. The molecule has 0 radical (unpaired) electrons. The van der Waals surface area contributed by atoms with E-state index in [0.29, 0.717) is 21.8 Å². The molecular formula is C24H25ClN4O2S. The number of halogens is 1. The van der Waals surface area contributed by atoms with Crippen LogP contribution in [0.3, 0.4) is 0 Å². The van der Waals surface area contributed by atoms with Crippen molar-refractivity contribution in [1.82, 2.24) is 14.9 Å². The van der Waals surface area contributed by atoms with E-state index in [1.807, 2.05) is 35.2 Å². The Bertz CT molecular complexity index is 1120. The van der Waals surface area contributed by atoms with Gasteiger partial charge in [0.25, 0.3) is 11.8 Å². The van der Waals surface area contributed by atoms with Gasteiger partial charge in [-0.1, -0.05) is 48.7 Å². The average Bonchev–Trinajstić information content (AvgIpc) is 3.30. The zero-order valence-corrected chi connectivity index (χ0v) is 19.4. The Labute approximate surface area is 196 Å². The van der Waals surface area contributed by atoms with Crippen LogP contribution in [0.25, 0.3) is 5.69 Å². The van der Waals surface area contributed by atoms with Gasteiger partial charge in [0, 0.05) is 35.4 Å². The predicted octanol–water partition coefficient (Wildman–Crippen LogP) is 5.56. The van der Waals surface area contributed by atoms with Crippen LogP contribution < -0.4 is 10.6 Å². The smallest absolute Gasteiger partial charge is 0.255 e. The van der Waals surface area contributed by atoms with Gasteiger partial charge in [-0.15, -0.1) is 0 Å². The van der Waals surface area contributed by atoms with E-state index in [1.165, 1.54) is 18.2 Å². The molecule has 1 saturated carbocycles. The fourth-order valence-corrected chi connectivity index (χ4v) is 4.66. The third kappa shape index (κ3) is 5.16. The number of nitrogens with one attached hydrogen (secondary N) is 2. The van der Waals surface area contributed by atoms with E-state index in [9.17, 15) is 9.59 Å². The average molecular weight is 469 g/mol. The van der Waals surface area contributed by atoms with Crippen LogP contribution in [0.5, 0.6) is 0 Å². The van der Waals surface area contributed by atoms with Crippen molar-refractivity contribution in [1.29, 1.82) is 0 Å². The van der Waals surface area contributed by atoms with Crippen molar-refractivity contribution in [3.05, 3.63) is 71.0 Å². The van der Waals surface area contributed by atoms with Crippen LogP contribution in [0.1, 0.15) is 52.8 Å². The van der Waals surface area contributed by atoms with E-state index in [4.69, 9.17) is 11.6 Å². The number of hydrogen-bond acceptors (Lipinski definition) is 4. The molecule has 1 aliphatic rings. The lowest BCUT2D eigenvalue weighted by molar-refractivity contribution is 0.0926. The molecule has 8 heteroatoms. The Hall–Kier alpha value is -2.77. The summed E-state index contributed by atoms with van der Waals surface area (Å²) in [6.45, 7) is 0. The number of rotatable bonds is 6. The minimum atomic E-state index is -0.265. The van der Waals surface area contributed by atoms with Gasteiger partial charge in [-0.05, 0) is 55.5 Å². The lowest BCUT2D eigenvalue weighted by atomic mass is 9.95. The monoisotopic (exact) mass is 468 g/mol. The zero-order valence-electron chi connectivity index (χ0n) is 17.8. The molecule has 166 valence electrons. The standard InChI is InChI=1S/C24H25ClN4O2S/c1-32-24-26-12-13-29(24)19-9-5-6-16(14-19)22(30)28-18-10-11-21(25)20(15-18)23(31)27-17-7-3-2-4-8-17/h5-6,9-15,17H,2-4,7-8H2,1H3,(H,27,31)(H,28,30). The lowest BCUT2D eigenvalue weighted by Crippen LogP contribution is -2.36. The van der Waals surface area contributed by atoms with E-state index >= 15 is 0 Å². The number of anilines is 1. The van der Waals surface area contributed by atoms with Gasteiger partial charge in [0.1, 0.15) is 0 Å². The van der Waals surface area contributed by atoms with Crippen LogP contribution in [0.4, 0.5) is 5.69 Å². The molecule has 0 aliphatic heterocycles. The second kappa shape index (κ2) is 10.2. The molecule has 1 aromatic heterocycles. The van der Waals surface area contributed by atoms with E-state index in [-0.39, 0.29) is 17.9 Å². The van der Waals surface area contributed by atoms with E-state index in [1.54, 1.807) is 30.5 Å². The first-order valence-corrected chi connectivity index (χ1v) is 12.2. The number of hydrogen-bond donors (Lipinski definition) is 2. The van der Waals surface area contributed by atoms with Crippen molar-refractivity contribution in [3.8, 4) is 5.69 Å². The van der Waals surface area contributed by atoms with Gasteiger partial charge in [-0.3, -0.25) is 14.2 Å². The number of carbonyl (C=O) groups is 2. The van der Waals surface area contributed by atoms with Gasteiger partial charge >= 0.3 is 0 Å². The van der Waals surface area contributed by atoms with Gasteiger partial charge in [-0.2, -0.15) is 0 Å². The molecule has 2 amide bonds. The number of amides is 2. The first-order valence-electron chi connectivity index (χ1n) is 10.6. The van der Waals surface area contributed by atoms with Crippen molar-refractivity contribution < 1.29 is 9.59 Å². The molecule has 0 unspecified atom stereocenters. The SMILES string of the molecule is CSc1nccn1-c1cccc(C(=O)Nc2ccc(Cl)c(C(=O)NC3CCCCC3)c2)c1. The summed E-state index contributed by atoms with van der Waals surface area (Å²) in [6.07, 6.45) is 11.0. The van der Waals surface area contributed by atoms with Crippen LogP contribution in [0.15, 0.2) is 60.0 Å². The van der Waals surface area contributed by atoms with Gasteiger partial charge in [0.15, 0.2) is 5.16 Å². The Kier molecular flexibility index (Phi) is 7.17.